The third kappa shape index (κ3) is 1.43. The lowest BCUT2D eigenvalue weighted by atomic mass is 10.1. The van der Waals surface area contributed by atoms with Crippen LogP contribution in [0.5, 0.6) is 0 Å². The van der Waals surface area contributed by atoms with Crippen LogP contribution in [-0.2, 0) is 0 Å². The summed E-state index contributed by atoms with van der Waals surface area (Å²) in [5.41, 5.74) is 0. The molecule has 1 aliphatic heterocycles. The van der Waals surface area contributed by atoms with Gasteiger partial charge in [0.25, 0.3) is 0 Å². The Hall–Kier alpha value is -0.0800. The van der Waals surface area contributed by atoms with E-state index in [9.17, 15) is 5.11 Å². The zero-order valence-corrected chi connectivity index (χ0v) is 6.09. The van der Waals surface area contributed by atoms with Crippen molar-refractivity contribution in [2.24, 2.45) is 0 Å². The van der Waals surface area contributed by atoms with Crippen LogP contribution < -0.4 is 5.32 Å². The molecule has 2 nitrogen and oxygen atoms in total. The first kappa shape index (κ1) is 7.03. The van der Waals surface area contributed by atoms with Gasteiger partial charge in [-0.3, -0.25) is 0 Å². The summed E-state index contributed by atoms with van der Waals surface area (Å²) in [6, 6.07) is 0.852. The fraction of sp³-hybridized carbons (Fsp3) is 1.00. The number of aliphatic hydroxyl groups is 1. The number of aliphatic hydroxyl groups excluding tert-OH is 1. The van der Waals surface area contributed by atoms with E-state index in [1.54, 1.807) is 0 Å². The van der Waals surface area contributed by atoms with Gasteiger partial charge in [-0.25, -0.2) is 0 Å². The predicted molar refractivity (Wildman–Crippen MR) is 37.3 cm³/mol. The van der Waals surface area contributed by atoms with Gasteiger partial charge in [0.05, 0.1) is 6.10 Å². The van der Waals surface area contributed by atoms with Gasteiger partial charge in [0.15, 0.2) is 0 Å². The highest BCUT2D eigenvalue weighted by atomic mass is 16.3. The fourth-order valence-electron chi connectivity index (χ4n) is 1.46. The van der Waals surface area contributed by atoms with Gasteiger partial charge in [-0.1, -0.05) is 6.92 Å². The molecule has 0 bridgehead atoms. The highest BCUT2D eigenvalue weighted by Crippen LogP contribution is 2.14. The molecule has 1 aliphatic rings. The average Bonchev–Trinajstić information content (AvgIpc) is 2.10. The van der Waals surface area contributed by atoms with E-state index in [0.717, 1.165) is 12.8 Å². The Morgan fingerprint density at radius 2 is 2.33 bits per heavy atom. The van der Waals surface area contributed by atoms with E-state index < -0.39 is 0 Å². The molecule has 0 radical (unpaired) electrons. The van der Waals surface area contributed by atoms with Crippen LogP contribution in [0.4, 0.5) is 0 Å². The van der Waals surface area contributed by atoms with E-state index in [1.807, 2.05) is 0 Å². The van der Waals surface area contributed by atoms with E-state index in [0.29, 0.717) is 12.1 Å². The molecule has 1 rings (SSSR count). The molecule has 2 heteroatoms. The molecule has 1 saturated heterocycles. The highest BCUT2D eigenvalue weighted by Gasteiger charge is 2.27. The second-order valence-electron chi connectivity index (χ2n) is 2.89. The van der Waals surface area contributed by atoms with Gasteiger partial charge in [0.1, 0.15) is 0 Å². The molecule has 0 amide bonds. The first-order valence-electron chi connectivity index (χ1n) is 3.68. The molecule has 3 atom stereocenters. The highest BCUT2D eigenvalue weighted by molar-refractivity contribution is 4.87. The lowest BCUT2D eigenvalue weighted by Crippen LogP contribution is -2.31. The first-order valence-corrected chi connectivity index (χ1v) is 3.68. The van der Waals surface area contributed by atoms with Crippen LogP contribution in [-0.4, -0.2) is 23.3 Å². The molecule has 0 saturated carbocycles. The summed E-state index contributed by atoms with van der Waals surface area (Å²) in [4.78, 5) is 0. The van der Waals surface area contributed by atoms with Gasteiger partial charge >= 0.3 is 0 Å². The quantitative estimate of drug-likeness (QED) is 0.540. The molecular weight excluding hydrogens is 114 g/mol. The van der Waals surface area contributed by atoms with Crippen molar-refractivity contribution in [2.45, 2.75) is 44.9 Å². The van der Waals surface area contributed by atoms with Crippen LogP contribution in [0.3, 0.4) is 0 Å². The monoisotopic (exact) mass is 129 g/mol. The van der Waals surface area contributed by atoms with Crippen molar-refractivity contribution < 1.29 is 5.11 Å². The number of nitrogens with one attached hydrogen (secondary N) is 1. The van der Waals surface area contributed by atoms with E-state index >= 15 is 0 Å². The minimum atomic E-state index is -0.106. The normalized spacial score (nSPS) is 43.7. The standard InChI is InChI=1S/C7H15NO/c1-3-6-7(9)4-5(2)8-6/h5-9H,3-4H2,1-2H3/t5-,6+,7?/m0/s1. The van der Waals surface area contributed by atoms with Crippen LogP contribution in [0.25, 0.3) is 0 Å². The summed E-state index contributed by atoms with van der Waals surface area (Å²) in [6.07, 6.45) is 1.84. The molecule has 0 aromatic carbocycles. The first-order chi connectivity index (χ1) is 4.24. The fourth-order valence-corrected chi connectivity index (χ4v) is 1.46. The molecule has 0 aromatic rings. The minimum Gasteiger partial charge on any atom is -0.391 e. The van der Waals surface area contributed by atoms with Crippen molar-refractivity contribution in [3.05, 3.63) is 0 Å². The maximum Gasteiger partial charge on any atom is 0.0707 e. The lowest BCUT2D eigenvalue weighted by molar-refractivity contribution is 0.157. The van der Waals surface area contributed by atoms with Gasteiger partial charge in [-0.05, 0) is 19.8 Å². The number of hydrogen-bond acceptors (Lipinski definition) is 2. The van der Waals surface area contributed by atoms with Gasteiger partial charge in [0, 0.05) is 12.1 Å². The largest absolute Gasteiger partial charge is 0.391 e. The van der Waals surface area contributed by atoms with Crippen molar-refractivity contribution >= 4 is 0 Å². The second kappa shape index (κ2) is 2.67. The minimum absolute atomic E-state index is 0.106. The maximum atomic E-state index is 9.30. The Morgan fingerprint density at radius 3 is 2.56 bits per heavy atom. The number of rotatable bonds is 1. The van der Waals surface area contributed by atoms with Crippen LogP contribution in [0.1, 0.15) is 26.7 Å². The molecule has 0 spiro atoms. The number of hydrogen-bond donors (Lipinski definition) is 2. The van der Waals surface area contributed by atoms with Gasteiger partial charge in [-0.15, -0.1) is 0 Å². The summed E-state index contributed by atoms with van der Waals surface area (Å²) < 4.78 is 0. The molecule has 9 heavy (non-hydrogen) atoms. The smallest absolute Gasteiger partial charge is 0.0707 e. The predicted octanol–water partition coefficient (Wildman–Crippen LogP) is 0.508. The van der Waals surface area contributed by atoms with Crippen molar-refractivity contribution in [3.8, 4) is 0 Å². The van der Waals surface area contributed by atoms with Crippen LogP contribution in [0.15, 0.2) is 0 Å². The van der Waals surface area contributed by atoms with Crippen molar-refractivity contribution in [3.63, 3.8) is 0 Å². The second-order valence-corrected chi connectivity index (χ2v) is 2.89. The average molecular weight is 129 g/mol. The van der Waals surface area contributed by atoms with Gasteiger partial charge in [-0.2, -0.15) is 0 Å². The molecule has 1 unspecified atom stereocenters. The SMILES string of the molecule is CC[C@H]1N[C@@H](C)CC1O. The van der Waals surface area contributed by atoms with Crippen molar-refractivity contribution in [2.75, 3.05) is 0 Å². The van der Waals surface area contributed by atoms with Crippen LogP contribution in [0, 0.1) is 0 Å². The Labute approximate surface area is 56.3 Å². The van der Waals surface area contributed by atoms with Gasteiger partial charge in [0.2, 0.25) is 0 Å². The lowest BCUT2D eigenvalue weighted by Gasteiger charge is -2.10. The molecule has 54 valence electrons. The topological polar surface area (TPSA) is 32.3 Å². The summed E-state index contributed by atoms with van der Waals surface area (Å²) >= 11 is 0. The van der Waals surface area contributed by atoms with Crippen LogP contribution >= 0.6 is 0 Å². The summed E-state index contributed by atoms with van der Waals surface area (Å²) in [5, 5.41) is 12.6. The Bertz CT molecular complexity index is 94.9. The van der Waals surface area contributed by atoms with E-state index in [-0.39, 0.29) is 6.10 Å². The van der Waals surface area contributed by atoms with Gasteiger partial charge < -0.3 is 10.4 Å². The molecule has 2 N–H and O–H groups in total. The van der Waals surface area contributed by atoms with E-state index in [1.165, 1.54) is 0 Å². The Morgan fingerprint density at radius 1 is 1.67 bits per heavy atom. The maximum absolute atomic E-state index is 9.30. The van der Waals surface area contributed by atoms with E-state index in [4.69, 9.17) is 0 Å². The Balaban J connectivity index is 2.38. The van der Waals surface area contributed by atoms with Crippen molar-refractivity contribution in [1.29, 1.82) is 0 Å². The molecular formula is C7H15NO. The third-order valence-corrected chi connectivity index (χ3v) is 2.00. The third-order valence-electron chi connectivity index (χ3n) is 2.00. The van der Waals surface area contributed by atoms with Crippen molar-refractivity contribution in [1.82, 2.24) is 5.32 Å². The zero-order valence-electron chi connectivity index (χ0n) is 6.09. The summed E-state index contributed by atoms with van der Waals surface area (Å²) in [6.45, 7) is 4.21. The molecule has 1 fully saturated rings. The molecule has 0 aromatic heterocycles. The zero-order chi connectivity index (χ0) is 6.85. The van der Waals surface area contributed by atoms with E-state index in [2.05, 4.69) is 19.2 Å². The molecule has 1 heterocycles. The van der Waals surface area contributed by atoms with Crippen LogP contribution in [0.2, 0.25) is 0 Å². The summed E-state index contributed by atoms with van der Waals surface area (Å²) in [5.74, 6) is 0. The molecule has 0 aliphatic carbocycles. The Kier molecular flexibility index (Phi) is 2.09. The summed E-state index contributed by atoms with van der Waals surface area (Å²) in [7, 11) is 0.